The Hall–Kier alpha value is -0.610. The van der Waals surface area contributed by atoms with Crippen LogP contribution in [-0.4, -0.2) is 37.2 Å². The third-order valence-corrected chi connectivity index (χ3v) is 3.25. The molecule has 0 aliphatic carbocycles. The topological polar surface area (TPSA) is 50.4 Å². The molecule has 1 amide bonds. The van der Waals surface area contributed by atoms with Crippen molar-refractivity contribution in [3.05, 3.63) is 0 Å². The Morgan fingerprint density at radius 1 is 1.56 bits per heavy atom. The fourth-order valence-electron chi connectivity index (χ4n) is 1.96. The zero-order chi connectivity index (χ0) is 12.2. The van der Waals surface area contributed by atoms with E-state index in [4.69, 9.17) is 4.74 Å². The van der Waals surface area contributed by atoms with E-state index in [-0.39, 0.29) is 17.6 Å². The second kappa shape index (κ2) is 5.64. The number of carbonyl (C=O) groups excluding carboxylic acids is 1. The molecule has 0 saturated carbocycles. The molecule has 1 fully saturated rings. The van der Waals surface area contributed by atoms with E-state index in [9.17, 15) is 4.79 Å². The normalized spacial score (nSPS) is 26.5. The summed E-state index contributed by atoms with van der Waals surface area (Å²) in [4.78, 5) is 11.8. The molecule has 4 nitrogen and oxygen atoms in total. The molecule has 0 spiro atoms. The van der Waals surface area contributed by atoms with Gasteiger partial charge in [-0.2, -0.15) is 0 Å². The summed E-state index contributed by atoms with van der Waals surface area (Å²) >= 11 is 0. The zero-order valence-corrected chi connectivity index (χ0v) is 10.8. The van der Waals surface area contributed by atoms with Gasteiger partial charge in [-0.1, -0.05) is 0 Å². The van der Waals surface area contributed by atoms with Gasteiger partial charge in [0.15, 0.2) is 0 Å². The molecule has 0 aromatic heterocycles. The van der Waals surface area contributed by atoms with E-state index in [1.54, 1.807) is 7.11 Å². The lowest BCUT2D eigenvalue weighted by molar-refractivity contribution is -0.127. The summed E-state index contributed by atoms with van der Waals surface area (Å²) in [5.41, 5.74) is -0.380. The van der Waals surface area contributed by atoms with Crippen molar-refractivity contribution < 1.29 is 9.53 Å². The highest BCUT2D eigenvalue weighted by molar-refractivity contribution is 5.77. The van der Waals surface area contributed by atoms with Crippen LogP contribution in [0.1, 0.15) is 40.0 Å². The Morgan fingerprint density at radius 2 is 2.25 bits per heavy atom. The van der Waals surface area contributed by atoms with E-state index >= 15 is 0 Å². The molecule has 1 saturated heterocycles. The molecule has 1 aliphatic heterocycles. The van der Waals surface area contributed by atoms with Crippen LogP contribution in [0, 0.1) is 0 Å². The van der Waals surface area contributed by atoms with Gasteiger partial charge >= 0.3 is 0 Å². The maximum Gasteiger partial charge on any atom is 0.223 e. The lowest BCUT2D eigenvalue weighted by Gasteiger charge is -2.32. The Bertz CT molecular complexity index is 241. The highest BCUT2D eigenvalue weighted by Crippen LogP contribution is 2.14. The largest absolute Gasteiger partial charge is 0.378 e. The molecule has 0 radical (unpaired) electrons. The zero-order valence-electron chi connectivity index (χ0n) is 10.8. The van der Waals surface area contributed by atoms with Crippen LogP contribution in [0.2, 0.25) is 0 Å². The van der Waals surface area contributed by atoms with E-state index in [1.807, 2.05) is 13.8 Å². The SMILES string of the molecule is COC(C)(C)CC(=O)NC1CCCNC1C. The van der Waals surface area contributed by atoms with Crippen molar-refractivity contribution in [2.75, 3.05) is 13.7 Å². The molecule has 1 rings (SSSR count). The first-order valence-corrected chi connectivity index (χ1v) is 6.02. The van der Waals surface area contributed by atoms with Crippen molar-refractivity contribution in [2.45, 2.75) is 57.7 Å². The Labute approximate surface area is 98.1 Å². The number of methoxy groups -OCH3 is 1. The Balaban J connectivity index is 2.38. The van der Waals surface area contributed by atoms with Crippen molar-refractivity contribution in [1.29, 1.82) is 0 Å². The lowest BCUT2D eigenvalue weighted by atomic mass is 9.98. The lowest BCUT2D eigenvalue weighted by Crippen LogP contribution is -2.52. The first-order chi connectivity index (χ1) is 7.44. The molecule has 1 aliphatic rings. The standard InChI is InChI=1S/C12H24N2O2/c1-9-10(6-5-7-13-9)14-11(15)8-12(2,3)16-4/h9-10,13H,5-8H2,1-4H3,(H,14,15). The smallest absolute Gasteiger partial charge is 0.223 e. The summed E-state index contributed by atoms with van der Waals surface area (Å²) in [6.07, 6.45) is 2.60. The highest BCUT2D eigenvalue weighted by atomic mass is 16.5. The average Bonchev–Trinajstić information content (AvgIpc) is 2.21. The quantitative estimate of drug-likeness (QED) is 0.756. The first kappa shape index (κ1) is 13.5. The minimum atomic E-state index is -0.380. The van der Waals surface area contributed by atoms with Crippen molar-refractivity contribution in [1.82, 2.24) is 10.6 Å². The number of hydrogen-bond donors (Lipinski definition) is 2. The van der Waals surface area contributed by atoms with Crippen molar-refractivity contribution in [3.63, 3.8) is 0 Å². The predicted molar refractivity (Wildman–Crippen MR) is 64.3 cm³/mol. The number of piperidine rings is 1. The number of hydrogen-bond acceptors (Lipinski definition) is 3. The maximum absolute atomic E-state index is 11.8. The van der Waals surface area contributed by atoms with Gasteiger partial charge in [-0.05, 0) is 40.2 Å². The van der Waals surface area contributed by atoms with E-state index in [1.165, 1.54) is 0 Å². The summed E-state index contributed by atoms with van der Waals surface area (Å²) in [6, 6.07) is 0.622. The third kappa shape index (κ3) is 4.10. The number of carbonyl (C=O) groups is 1. The van der Waals surface area contributed by atoms with Crippen molar-refractivity contribution in [2.24, 2.45) is 0 Å². The molecular formula is C12H24N2O2. The van der Waals surface area contributed by atoms with Crippen LogP contribution in [0.5, 0.6) is 0 Å². The van der Waals surface area contributed by atoms with Crippen molar-refractivity contribution in [3.8, 4) is 0 Å². The highest BCUT2D eigenvalue weighted by Gasteiger charge is 2.26. The third-order valence-electron chi connectivity index (χ3n) is 3.25. The predicted octanol–water partition coefficient (Wildman–Crippen LogP) is 1.06. The summed E-state index contributed by atoms with van der Waals surface area (Å²) in [7, 11) is 1.64. The van der Waals surface area contributed by atoms with Gasteiger partial charge in [0, 0.05) is 19.2 Å². The van der Waals surface area contributed by atoms with E-state index in [0.717, 1.165) is 19.4 Å². The van der Waals surface area contributed by atoms with Gasteiger partial charge in [0.2, 0.25) is 5.91 Å². The van der Waals surface area contributed by atoms with Gasteiger partial charge in [0.25, 0.3) is 0 Å². The molecule has 0 aromatic rings. The minimum Gasteiger partial charge on any atom is -0.378 e. The molecule has 2 unspecified atom stereocenters. The van der Waals surface area contributed by atoms with Gasteiger partial charge in [-0.3, -0.25) is 4.79 Å². The van der Waals surface area contributed by atoms with Crippen LogP contribution in [0.4, 0.5) is 0 Å². The molecule has 0 bridgehead atoms. The van der Waals surface area contributed by atoms with Crippen LogP contribution in [-0.2, 0) is 9.53 Å². The molecule has 0 aromatic carbocycles. The van der Waals surface area contributed by atoms with Crippen LogP contribution >= 0.6 is 0 Å². The summed E-state index contributed by atoms with van der Waals surface area (Å²) < 4.78 is 5.25. The van der Waals surface area contributed by atoms with Crippen molar-refractivity contribution >= 4 is 5.91 Å². The summed E-state index contributed by atoms with van der Waals surface area (Å²) in [5, 5.41) is 6.45. The fourth-order valence-corrected chi connectivity index (χ4v) is 1.96. The van der Waals surface area contributed by atoms with Gasteiger partial charge in [0.1, 0.15) is 0 Å². The summed E-state index contributed by atoms with van der Waals surface area (Å²) in [5.74, 6) is 0.0763. The van der Waals surface area contributed by atoms with Gasteiger partial charge < -0.3 is 15.4 Å². The molecule has 16 heavy (non-hydrogen) atoms. The second-order valence-corrected chi connectivity index (χ2v) is 5.20. The van der Waals surface area contributed by atoms with Gasteiger partial charge in [0.05, 0.1) is 12.0 Å². The first-order valence-electron chi connectivity index (χ1n) is 6.02. The molecule has 1 heterocycles. The summed E-state index contributed by atoms with van der Waals surface area (Å²) in [6.45, 7) is 7.02. The number of ether oxygens (including phenoxy) is 1. The maximum atomic E-state index is 11.8. The molecule has 94 valence electrons. The monoisotopic (exact) mass is 228 g/mol. The van der Waals surface area contributed by atoms with Crippen LogP contribution in [0.15, 0.2) is 0 Å². The van der Waals surface area contributed by atoms with Crippen LogP contribution in [0.25, 0.3) is 0 Å². The van der Waals surface area contributed by atoms with E-state index in [2.05, 4.69) is 17.6 Å². The van der Waals surface area contributed by atoms with Crippen LogP contribution in [0.3, 0.4) is 0 Å². The van der Waals surface area contributed by atoms with Crippen LogP contribution < -0.4 is 10.6 Å². The number of amides is 1. The minimum absolute atomic E-state index is 0.0763. The Kier molecular flexibility index (Phi) is 4.74. The molecule has 2 N–H and O–H groups in total. The Morgan fingerprint density at radius 3 is 2.81 bits per heavy atom. The van der Waals surface area contributed by atoms with Gasteiger partial charge in [-0.15, -0.1) is 0 Å². The number of rotatable bonds is 4. The fraction of sp³-hybridized carbons (Fsp3) is 0.917. The van der Waals surface area contributed by atoms with E-state index < -0.39 is 0 Å². The molecule has 2 atom stereocenters. The molecular weight excluding hydrogens is 204 g/mol. The average molecular weight is 228 g/mol. The number of nitrogens with one attached hydrogen (secondary N) is 2. The second-order valence-electron chi connectivity index (χ2n) is 5.20. The van der Waals surface area contributed by atoms with E-state index in [0.29, 0.717) is 12.5 Å². The van der Waals surface area contributed by atoms with Gasteiger partial charge in [-0.25, -0.2) is 0 Å². The molecule has 4 heteroatoms.